The van der Waals surface area contributed by atoms with Gasteiger partial charge in [-0.05, 0) is 13.1 Å². The van der Waals surface area contributed by atoms with Crippen LogP contribution in [0.4, 0.5) is 0 Å². The fourth-order valence-corrected chi connectivity index (χ4v) is 2.12. The summed E-state index contributed by atoms with van der Waals surface area (Å²) < 4.78 is 0. The molecule has 17 heavy (non-hydrogen) atoms. The standard InChI is InChI=1S/C11H14ClN3O2/c1-15-3-2-13-6-10(15)9-4-7(11(16)17)8(12)5-14-9/h4-5,10,13H,2-3,6H2,1H3,(H,16,17). The number of carboxylic acids is 1. The van der Waals surface area contributed by atoms with E-state index in [0.29, 0.717) is 0 Å². The number of rotatable bonds is 2. The number of aromatic nitrogens is 1. The van der Waals surface area contributed by atoms with Crippen LogP contribution in [0.3, 0.4) is 0 Å². The molecule has 1 aromatic rings. The molecular weight excluding hydrogens is 242 g/mol. The lowest BCUT2D eigenvalue weighted by Crippen LogP contribution is -2.44. The summed E-state index contributed by atoms with van der Waals surface area (Å²) in [6.45, 7) is 2.62. The fraction of sp³-hybridized carbons (Fsp3) is 0.455. The SMILES string of the molecule is CN1CCNCC1c1cc(C(=O)O)c(Cl)cn1. The van der Waals surface area contributed by atoms with Crippen LogP contribution in [0.2, 0.25) is 5.02 Å². The van der Waals surface area contributed by atoms with Gasteiger partial charge >= 0.3 is 5.97 Å². The van der Waals surface area contributed by atoms with Crippen LogP contribution in [0.15, 0.2) is 12.3 Å². The number of nitrogens with zero attached hydrogens (tertiary/aromatic N) is 2. The second-order valence-corrected chi connectivity index (χ2v) is 4.50. The van der Waals surface area contributed by atoms with Gasteiger partial charge in [0, 0.05) is 25.8 Å². The average Bonchev–Trinajstić information content (AvgIpc) is 2.30. The normalized spacial score (nSPS) is 21.4. The molecule has 6 heteroatoms. The number of carboxylic acid groups (broad SMARTS) is 1. The lowest BCUT2D eigenvalue weighted by atomic mass is 10.1. The van der Waals surface area contributed by atoms with Crippen LogP contribution in [-0.4, -0.2) is 47.6 Å². The number of hydrogen-bond acceptors (Lipinski definition) is 4. The Balaban J connectivity index is 2.32. The Hall–Kier alpha value is -1.17. The topological polar surface area (TPSA) is 65.5 Å². The van der Waals surface area contributed by atoms with Gasteiger partial charge < -0.3 is 10.4 Å². The van der Waals surface area contributed by atoms with Crippen molar-refractivity contribution in [2.24, 2.45) is 0 Å². The second-order valence-electron chi connectivity index (χ2n) is 4.09. The number of pyridine rings is 1. The van der Waals surface area contributed by atoms with E-state index < -0.39 is 5.97 Å². The molecule has 1 fully saturated rings. The van der Waals surface area contributed by atoms with Gasteiger partial charge in [0.1, 0.15) is 0 Å². The summed E-state index contributed by atoms with van der Waals surface area (Å²) in [5.74, 6) is -1.02. The van der Waals surface area contributed by atoms with Crippen LogP contribution < -0.4 is 5.32 Å². The number of carbonyl (C=O) groups is 1. The monoisotopic (exact) mass is 255 g/mol. The fourth-order valence-electron chi connectivity index (χ4n) is 1.94. The predicted octanol–water partition coefficient (Wildman–Crippen LogP) is 1.01. The summed E-state index contributed by atoms with van der Waals surface area (Å²) in [7, 11) is 2.00. The molecule has 92 valence electrons. The number of likely N-dealkylation sites (N-methyl/N-ethyl adjacent to an activating group) is 1. The molecule has 1 saturated heterocycles. The number of aromatic carboxylic acids is 1. The number of piperazine rings is 1. The van der Waals surface area contributed by atoms with Gasteiger partial charge in [0.2, 0.25) is 0 Å². The van der Waals surface area contributed by atoms with Crippen molar-refractivity contribution in [1.29, 1.82) is 0 Å². The molecule has 1 aliphatic heterocycles. The molecule has 0 aliphatic carbocycles. The molecule has 1 unspecified atom stereocenters. The smallest absolute Gasteiger partial charge is 0.337 e. The van der Waals surface area contributed by atoms with E-state index in [9.17, 15) is 4.79 Å². The Labute approximate surface area is 104 Å². The Morgan fingerprint density at radius 2 is 2.47 bits per heavy atom. The van der Waals surface area contributed by atoms with Crippen molar-refractivity contribution in [2.45, 2.75) is 6.04 Å². The maximum absolute atomic E-state index is 11.0. The van der Waals surface area contributed by atoms with Gasteiger partial charge in [0.25, 0.3) is 0 Å². The minimum Gasteiger partial charge on any atom is -0.478 e. The molecule has 2 N–H and O–H groups in total. The van der Waals surface area contributed by atoms with Gasteiger partial charge in [-0.2, -0.15) is 0 Å². The maximum Gasteiger partial charge on any atom is 0.337 e. The van der Waals surface area contributed by atoms with Crippen molar-refractivity contribution in [3.8, 4) is 0 Å². The zero-order chi connectivity index (χ0) is 12.4. The molecule has 0 aromatic carbocycles. The highest BCUT2D eigenvalue weighted by molar-refractivity contribution is 6.33. The lowest BCUT2D eigenvalue weighted by molar-refractivity contribution is 0.0696. The largest absolute Gasteiger partial charge is 0.478 e. The molecule has 1 atom stereocenters. The molecule has 2 rings (SSSR count). The van der Waals surface area contributed by atoms with E-state index in [1.165, 1.54) is 6.20 Å². The summed E-state index contributed by atoms with van der Waals surface area (Å²) in [5.41, 5.74) is 0.845. The Kier molecular flexibility index (Phi) is 3.61. The Bertz CT molecular complexity index is 439. The third kappa shape index (κ3) is 2.57. The van der Waals surface area contributed by atoms with Crippen molar-refractivity contribution in [1.82, 2.24) is 15.2 Å². The van der Waals surface area contributed by atoms with E-state index in [1.807, 2.05) is 7.05 Å². The van der Waals surface area contributed by atoms with Crippen molar-refractivity contribution in [3.05, 3.63) is 28.5 Å². The number of nitrogens with one attached hydrogen (secondary N) is 1. The first-order valence-corrected chi connectivity index (χ1v) is 5.77. The minimum absolute atomic E-state index is 0.0964. The van der Waals surface area contributed by atoms with Crippen LogP contribution >= 0.6 is 11.6 Å². The molecule has 0 amide bonds. The summed E-state index contributed by atoms with van der Waals surface area (Å²) in [5, 5.41) is 12.5. The molecular formula is C11H14ClN3O2. The summed E-state index contributed by atoms with van der Waals surface area (Å²) in [4.78, 5) is 17.4. The summed E-state index contributed by atoms with van der Waals surface area (Å²) in [6.07, 6.45) is 1.41. The van der Waals surface area contributed by atoms with Crippen LogP contribution in [0.25, 0.3) is 0 Å². The first-order chi connectivity index (χ1) is 8.09. The third-order valence-corrected chi connectivity index (χ3v) is 3.26. The highest BCUT2D eigenvalue weighted by atomic mass is 35.5. The van der Waals surface area contributed by atoms with Crippen molar-refractivity contribution < 1.29 is 9.90 Å². The van der Waals surface area contributed by atoms with Crippen molar-refractivity contribution >= 4 is 17.6 Å². The average molecular weight is 256 g/mol. The summed E-state index contributed by atoms with van der Waals surface area (Å²) >= 11 is 5.79. The van der Waals surface area contributed by atoms with E-state index >= 15 is 0 Å². The van der Waals surface area contributed by atoms with Gasteiger partial charge in [-0.15, -0.1) is 0 Å². The highest BCUT2D eigenvalue weighted by Crippen LogP contribution is 2.23. The highest BCUT2D eigenvalue weighted by Gasteiger charge is 2.23. The van der Waals surface area contributed by atoms with Crippen LogP contribution in [0.1, 0.15) is 22.1 Å². The van der Waals surface area contributed by atoms with Gasteiger partial charge in [-0.25, -0.2) is 4.79 Å². The minimum atomic E-state index is -1.02. The third-order valence-electron chi connectivity index (χ3n) is 2.96. The zero-order valence-corrected chi connectivity index (χ0v) is 10.2. The first-order valence-electron chi connectivity index (χ1n) is 5.39. The predicted molar refractivity (Wildman–Crippen MR) is 64.4 cm³/mol. The van der Waals surface area contributed by atoms with E-state index in [4.69, 9.17) is 16.7 Å². The number of hydrogen-bond donors (Lipinski definition) is 2. The lowest BCUT2D eigenvalue weighted by Gasteiger charge is -2.32. The molecule has 0 radical (unpaired) electrons. The second kappa shape index (κ2) is 5.00. The Morgan fingerprint density at radius 3 is 3.12 bits per heavy atom. The van der Waals surface area contributed by atoms with Crippen LogP contribution in [0.5, 0.6) is 0 Å². The Morgan fingerprint density at radius 1 is 1.71 bits per heavy atom. The summed E-state index contributed by atoms with van der Waals surface area (Å²) in [6, 6.07) is 1.65. The molecule has 5 nitrogen and oxygen atoms in total. The van der Waals surface area contributed by atoms with Crippen LogP contribution in [-0.2, 0) is 0 Å². The molecule has 1 aromatic heterocycles. The molecule has 1 aliphatic rings. The number of halogens is 1. The first kappa shape index (κ1) is 12.3. The van der Waals surface area contributed by atoms with Crippen LogP contribution in [0, 0.1) is 0 Å². The van der Waals surface area contributed by atoms with Gasteiger partial charge in [-0.1, -0.05) is 11.6 Å². The van der Waals surface area contributed by atoms with Crippen molar-refractivity contribution in [2.75, 3.05) is 26.7 Å². The quantitative estimate of drug-likeness (QED) is 0.826. The van der Waals surface area contributed by atoms with E-state index in [0.717, 1.165) is 25.3 Å². The maximum atomic E-state index is 11.0. The molecule has 2 heterocycles. The van der Waals surface area contributed by atoms with Gasteiger partial charge in [0.15, 0.2) is 0 Å². The van der Waals surface area contributed by atoms with E-state index in [1.54, 1.807) is 6.07 Å². The van der Waals surface area contributed by atoms with E-state index in [-0.39, 0.29) is 16.6 Å². The molecule has 0 spiro atoms. The molecule has 0 bridgehead atoms. The van der Waals surface area contributed by atoms with E-state index in [2.05, 4.69) is 15.2 Å². The van der Waals surface area contributed by atoms with Gasteiger partial charge in [-0.3, -0.25) is 9.88 Å². The van der Waals surface area contributed by atoms with Gasteiger partial charge in [0.05, 0.1) is 22.3 Å². The molecule has 0 saturated carbocycles. The zero-order valence-electron chi connectivity index (χ0n) is 9.48. The van der Waals surface area contributed by atoms with Crippen molar-refractivity contribution in [3.63, 3.8) is 0 Å².